The second kappa shape index (κ2) is 11.0. The van der Waals surface area contributed by atoms with Gasteiger partial charge in [-0.25, -0.2) is 0 Å². The maximum absolute atomic E-state index is 4.37. The molecular weight excluding hydrogens is 350 g/mol. The zero-order valence-corrected chi connectivity index (χ0v) is 20.6. The van der Waals surface area contributed by atoms with E-state index in [1.807, 2.05) is 0 Å². The van der Waals surface area contributed by atoms with E-state index in [9.17, 15) is 0 Å². The molecule has 0 amide bonds. The molecule has 3 aliphatic carbocycles. The van der Waals surface area contributed by atoms with Gasteiger partial charge in [-0.2, -0.15) is 0 Å². The maximum Gasteiger partial charge on any atom is 0.0155 e. The summed E-state index contributed by atoms with van der Waals surface area (Å²) < 4.78 is 0. The highest BCUT2D eigenvalue weighted by atomic mass is 15.0. The third kappa shape index (κ3) is 5.42. The second-order valence-corrected chi connectivity index (χ2v) is 11.8. The molecular formula is C28H53N. The van der Waals surface area contributed by atoms with Crippen LogP contribution < -0.4 is 5.32 Å². The molecule has 0 heterocycles. The van der Waals surface area contributed by atoms with Crippen molar-refractivity contribution >= 4 is 0 Å². The fourth-order valence-electron chi connectivity index (χ4n) is 8.18. The predicted molar refractivity (Wildman–Crippen MR) is 128 cm³/mol. The van der Waals surface area contributed by atoms with Crippen molar-refractivity contribution in [2.24, 2.45) is 35.0 Å². The van der Waals surface area contributed by atoms with Gasteiger partial charge in [-0.05, 0) is 67.1 Å². The Hall–Kier alpha value is -0.0400. The zero-order chi connectivity index (χ0) is 20.9. The Labute approximate surface area is 183 Å². The second-order valence-electron chi connectivity index (χ2n) is 11.8. The first-order chi connectivity index (χ1) is 14.0. The first-order valence-corrected chi connectivity index (χ1v) is 13.8. The highest BCUT2D eigenvalue weighted by molar-refractivity contribution is 5.06. The first-order valence-electron chi connectivity index (χ1n) is 13.8. The summed E-state index contributed by atoms with van der Waals surface area (Å²) >= 11 is 0. The van der Waals surface area contributed by atoms with Crippen LogP contribution >= 0.6 is 0 Å². The Kier molecular flexibility index (Phi) is 8.97. The molecule has 0 spiro atoms. The smallest absolute Gasteiger partial charge is 0.0155 e. The van der Waals surface area contributed by atoms with E-state index in [4.69, 9.17) is 0 Å². The summed E-state index contributed by atoms with van der Waals surface area (Å²) in [5, 5.41) is 4.37. The topological polar surface area (TPSA) is 12.0 Å². The van der Waals surface area contributed by atoms with Crippen LogP contribution in [0.15, 0.2) is 0 Å². The predicted octanol–water partition coefficient (Wildman–Crippen LogP) is 8.37. The van der Waals surface area contributed by atoms with E-state index in [0.717, 1.165) is 41.7 Å². The quantitative estimate of drug-likeness (QED) is 0.386. The lowest BCUT2D eigenvalue weighted by molar-refractivity contribution is 0.165. The third-order valence-corrected chi connectivity index (χ3v) is 9.68. The first kappa shape index (κ1) is 23.6. The van der Waals surface area contributed by atoms with E-state index < -0.39 is 0 Å². The number of hydrogen-bond acceptors (Lipinski definition) is 1. The normalized spacial score (nSPS) is 38.0. The summed E-state index contributed by atoms with van der Waals surface area (Å²) in [6, 6.07) is 1.55. The largest absolute Gasteiger partial charge is 0.310 e. The van der Waals surface area contributed by atoms with Gasteiger partial charge in [-0.1, -0.05) is 98.8 Å². The van der Waals surface area contributed by atoms with Gasteiger partial charge in [0.25, 0.3) is 0 Å². The lowest BCUT2D eigenvalue weighted by atomic mass is 9.74. The van der Waals surface area contributed by atoms with Crippen molar-refractivity contribution in [1.82, 2.24) is 5.32 Å². The van der Waals surface area contributed by atoms with Crippen molar-refractivity contribution in [3.05, 3.63) is 0 Å². The average Bonchev–Trinajstić information content (AvgIpc) is 3.27. The summed E-state index contributed by atoms with van der Waals surface area (Å²) in [5.74, 6) is 4.86. The Balaban J connectivity index is 1.68. The molecule has 3 fully saturated rings. The lowest BCUT2D eigenvalue weighted by Gasteiger charge is -2.37. The molecule has 0 aliphatic heterocycles. The molecule has 1 N–H and O–H groups in total. The van der Waals surface area contributed by atoms with Crippen LogP contribution in [0.1, 0.15) is 131 Å². The van der Waals surface area contributed by atoms with Crippen LogP contribution in [0.25, 0.3) is 0 Å². The van der Waals surface area contributed by atoms with Crippen LogP contribution in [0.5, 0.6) is 0 Å². The van der Waals surface area contributed by atoms with Crippen LogP contribution in [-0.4, -0.2) is 12.1 Å². The molecule has 29 heavy (non-hydrogen) atoms. The summed E-state index contributed by atoms with van der Waals surface area (Å²) in [6.07, 6.45) is 21.9. The van der Waals surface area contributed by atoms with E-state index in [1.165, 1.54) is 96.3 Å². The van der Waals surface area contributed by atoms with Gasteiger partial charge >= 0.3 is 0 Å². The van der Waals surface area contributed by atoms with Crippen LogP contribution in [0, 0.1) is 35.0 Å². The molecule has 0 bridgehead atoms. The molecule has 3 rings (SSSR count). The monoisotopic (exact) mass is 403 g/mol. The van der Waals surface area contributed by atoms with Crippen molar-refractivity contribution < 1.29 is 0 Å². The van der Waals surface area contributed by atoms with Gasteiger partial charge in [-0.15, -0.1) is 0 Å². The van der Waals surface area contributed by atoms with Gasteiger partial charge in [0.2, 0.25) is 0 Å². The molecule has 3 aliphatic rings. The Bertz CT molecular complexity index is 463. The summed E-state index contributed by atoms with van der Waals surface area (Å²) in [7, 11) is 0. The Morgan fingerprint density at radius 3 is 2.03 bits per heavy atom. The molecule has 6 atom stereocenters. The number of nitrogens with one attached hydrogen (secondary N) is 1. The number of rotatable bonds is 10. The minimum absolute atomic E-state index is 0.453. The van der Waals surface area contributed by atoms with Crippen LogP contribution in [0.4, 0.5) is 0 Å². The van der Waals surface area contributed by atoms with Crippen LogP contribution in [-0.2, 0) is 0 Å². The van der Waals surface area contributed by atoms with Crippen molar-refractivity contribution in [3.8, 4) is 0 Å². The van der Waals surface area contributed by atoms with Crippen LogP contribution in [0.2, 0.25) is 0 Å². The van der Waals surface area contributed by atoms with Crippen molar-refractivity contribution in [2.75, 3.05) is 0 Å². The fourth-order valence-corrected chi connectivity index (χ4v) is 8.18. The minimum atomic E-state index is 0.453. The van der Waals surface area contributed by atoms with Crippen molar-refractivity contribution in [2.45, 2.75) is 143 Å². The number of hydrogen-bond donors (Lipinski definition) is 1. The van der Waals surface area contributed by atoms with Crippen molar-refractivity contribution in [3.63, 3.8) is 0 Å². The number of unbranched alkanes of at least 4 members (excludes halogenated alkanes) is 2. The molecule has 0 radical (unpaired) electrons. The third-order valence-electron chi connectivity index (χ3n) is 9.68. The van der Waals surface area contributed by atoms with Gasteiger partial charge in [0.15, 0.2) is 0 Å². The van der Waals surface area contributed by atoms with Gasteiger partial charge in [0.1, 0.15) is 0 Å². The van der Waals surface area contributed by atoms with Gasteiger partial charge in [-0.3, -0.25) is 0 Å². The van der Waals surface area contributed by atoms with E-state index in [-0.39, 0.29) is 0 Å². The highest BCUT2D eigenvalue weighted by Gasteiger charge is 2.53. The Morgan fingerprint density at radius 1 is 0.759 bits per heavy atom. The zero-order valence-electron chi connectivity index (χ0n) is 20.6. The SMILES string of the molecule is CCCCC1C(CCCC)C(NC2CCC(C3CCCCC3)C2)C(C)(C)C1CC. The lowest BCUT2D eigenvalue weighted by Crippen LogP contribution is -2.48. The molecule has 1 nitrogen and oxygen atoms in total. The molecule has 0 saturated heterocycles. The molecule has 1 heteroatoms. The minimum Gasteiger partial charge on any atom is -0.310 e. The van der Waals surface area contributed by atoms with Crippen molar-refractivity contribution in [1.29, 1.82) is 0 Å². The van der Waals surface area contributed by atoms with E-state index in [1.54, 1.807) is 0 Å². The molecule has 0 aromatic rings. The highest BCUT2D eigenvalue weighted by Crippen LogP contribution is 2.55. The molecule has 0 aromatic carbocycles. The maximum atomic E-state index is 4.37. The van der Waals surface area contributed by atoms with Gasteiger partial charge < -0.3 is 5.32 Å². The van der Waals surface area contributed by atoms with Gasteiger partial charge in [0, 0.05) is 12.1 Å². The van der Waals surface area contributed by atoms with Crippen LogP contribution in [0.3, 0.4) is 0 Å². The van der Waals surface area contributed by atoms with E-state index >= 15 is 0 Å². The average molecular weight is 404 g/mol. The summed E-state index contributed by atoms with van der Waals surface area (Å²) in [6.45, 7) is 12.5. The molecule has 170 valence electrons. The molecule has 3 saturated carbocycles. The van der Waals surface area contributed by atoms with E-state index in [2.05, 4.69) is 39.9 Å². The standard InChI is InChI=1S/C28H53N/c1-6-9-16-24-25(17-10-7-2)27(28(4,5)26(24)8-3)29-23-19-18-22(20-23)21-14-12-11-13-15-21/h21-27,29H,6-20H2,1-5H3. The fraction of sp³-hybridized carbons (Fsp3) is 1.00. The summed E-state index contributed by atoms with van der Waals surface area (Å²) in [4.78, 5) is 0. The summed E-state index contributed by atoms with van der Waals surface area (Å²) in [5.41, 5.74) is 0.453. The molecule has 6 unspecified atom stereocenters. The van der Waals surface area contributed by atoms with E-state index in [0.29, 0.717) is 5.41 Å². The van der Waals surface area contributed by atoms with Gasteiger partial charge in [0.05, 0.1) is 0 Å². The molecule has 0 aromatic heterocycles. The Morgan fingerprint density at radius 2 is 1.41 bits per heavy atom.